The van der Waals surface area contributed by atoms with Gasteiger partial charge >= 0.3 is 0 Å². The molecule has 3 rings (SSSR count). The topological polar surface area (TPSA) is 12.0 Å². The predicted molar refractivity (Wildman–Crippen MR) is 89.4 cm³/mol. The SMILES string of the molecule is Cc1cccc(CNCc2cc(-c3cccs3)cs2)c1. The number of rotatable bonds is 5. The van der Waals surface area contributed by atoms with Gasteiger partial charge in [0.1, 0.15) is 0 Å². The van der Waals surface area contributed by atoms with Crippen molar-refractivity contribution in [1.29, 1.82) is 0 Å². The van der Waals surface area contributed by atoms with E-state index in [0.717, 1.165) is 13.1 Å². The van der Waals surface area contributed by atoms with Crippen molar-refractivity contribution in [3.63, 3.8) is 0 Å². The molecule has 0 saturated carbocycles. The highest BCUT2D eigenvalue weighted by molar-refractivity contribution is 7.14. The number of aryl methyl sites for hydroxylation is 1. The van der Waals surface area contributed by atoms with Crippen LogP contribution in [0.4, 0.5) is 0 Å². The van der Waals surface area contributed by atoms with E-state index in [1.54, 1.807) is 11.3 Å². The molecule has 0 bridgehead atoms. The summed E-state index contributed by atoms with van der Waals surface area (Å²) in [5.41, 5.74) is 4.01. The molecule has 0 aliphatic carbocycles. The van der Waals surface area contributed by atoms with Crippen molar-refractivity contribution in [2.45, 2.75) is 20.0 Å². The lowest BCUT2D eigenvalue weighted by Crippen LogP contribution is -2.11. The largest absolute Gasteiger partial charge is 0.308 e. The normalized spacial score (nSPS) is 10.8. The Kier molecular flexibility index (Phi) is 4.31. The van der Waals surface area contributed by atoms with Crippen molar-refractivity contribution < 1.29 is 0 Å². The summed E-state index contributed by atoms with van der Waals surface area (Å²) in [6.07, 6.45) is 0. The minimum absolute atomic E-state index is 0.925. The van der Waals surface area contributed by atoms with E-state index in [2.05, 4.69) is 65.5 Å². The molecule has 0 unspecified atom stereocenters. The summed E-state index contributed by atoms with van der Waals surface area (Å²) in [7, 11) is 0. The van der Waals surface area contributed by atoms with Crippen LogP contribution in [0.25, 0.3) is 10.4 Å². The Hall–Kier alpha value is -1.42. The van der Waals surface area contributed by atoms with E-state index in [-0.39, 0.29) is 0 Å². The van der Waals surface area contributed by atoms with Gasteiger partial charge in [-0.25, -0.2) is 0 Å². The van der Waals surface area contributed by atoms with Gasteiger partial charge in [0.05, 0.1) is 0 Å². The molecule has 1 N–H and O–H groups in total. The number of hydrogen-bond donors (Lipinski definition) is 1. The molecular weight excluding hydrogens is 282 g/mol. The molecule has 0 saturated heterocycles. The predicted octanol–water partition coefficient (Wildman–Crippen LogP) is 5.07. The summed E-state index contributed by atoms with van der Waals surface area (Å²) in [5, 5.41) is 7.89. The maximum atomic E-state index is 3.52. The first-order valence-electron chi connectivity index (χ1n) is 6.69. The fraction of sp³-hybridized carbons (Fsp3) is 0.176. The quantitative estimate of drug-likeness (QED) is 0.693. The standard InChI is InChI=1S/C17H17NS2/c1-13-4-2-5-14(8-13)10-18-11-16-9-15(12-20-16)17-6-3-7-19-17/h2-9,12,18H,10-11H2,1H3. The molecule has 0 aliphatic rings. The molecule has 0 atom stereocenters. The average Bonchev–Trinajstić information content (AvgIpc) is 3.09. The average molecular weight is 299 g/mol. The van der Waals surface area contributed by atoms with Crippen molar-refractivity contribution in [2.24, 2.45) is 0 Å². The third kappa shape index (κ3) is 3.37. The smallest absolute Gasteiger partial charge is 0.0351 e. The first kappa shape index (κ1) is 13.6. The summed E-state index contributed by atoms with van der Waals surface area (Å²) in [4.78, 5) is 2.74. The van der Waals surface area contributed by atoms with Gasteiger partial charge in [0.2, 0.25) is 0 Å². The Balaban J connectivity index is 1.57. The number of hydrogen-bond acceptors (Lipinski definition) is 3. The summed E-state index contributed by atoms with van der Waals surface area (Å²) in [6.45, 7) is 3.99. The maximum absolute atomic E-state index is 3.52. The van der Waals surface area contributed by atoms with Crippen LogP contribution < -0.4 is 5.32 Å². The molecule has 20 heavy (non-hydrogen) atoms. The molecule has 1 aromatic carbocycles. The van der Waals surface area contributed by atoms with Gasteiger partial charge < -0.3 is 5.32 Å². The minimum Gasteiger partial charge on any atom is -0.308 e. The molecule has 0 radical (unpaired) electrons. The van der Waals surface area contributed by atoms with E-state index in [9.17, 15) is 0 Å². The molecule has 0 amide bonds. The van der Waals surface area contributed by atoms with Gasteiger partial charge in [-0.3, -0.25) is 0 Å². The van der Waals surface area contributed by atoms with E-state index < -0.39 is 0 Å². The van der Waals surface area contributed by atoms with Crippen molar-refractivity contribution in [3.05, 3.63) is 69.2 Å². The van der Waals surface area contributed by atoms with Crippen LogP contribution in [-0.4, -0.2) is 0 Å². The Labute approximate surface area is 127 Å². The minimum atomic E-state index is 0.925. The lowest BCUT2D eigenvalue weighted by molar-refractivity contribution is 0.700. The van der Waals surface area contributed by atoms with Gasteiger partial charge in [0.15, 0.2) is 0 Å². The number of thiophene rings is 2. The molecular formula is C17H17NS2. The lowest BCUT2D eigenvalue weighted by Gasteiger charge is -2.04. The van der Waals surface area contributed by atoms with Crippen LogP contribution in [0.5, 0.6) is 0 Å². The fourth-order valence-corrected chi connectivity index (χ4v) is 3.84. The summed E-state index contributed by atoms with van der Waals surface area (Å²) < 4.78 is 0. The van der Waals surface area contributed by atoms with Crippen LogP contribution in [0.1, 0.15) is 16.0 Å². The van der Waals surface area contributed by atoms with Crippen LogP contribution >= 0.6 is 22.7 Å². The first-order valence-corrected chi connectivity index (χ1v) is 8.45. The molecule has 3 heteroatoms. The highest BCUT2D eigenvalue weighted by Gasteiger charge is 2.03. The zero-order valence-corrected chi connectivity index (χ0v) is 13.1. The van der Waals surface area contributed by atoms with Crippen LogP contribution in [0.15, 0.2) is 53.2 Å². The van der Waals surface area contributed by atoms with Crippen LogP contribution in [-0.2, 0) is 13.1 Å². The van der Waals surface area contributed by atoms with Gasteiger partial charge in [0, 0.05) is 28.4 Å². The number of benzene rings is 1. The second kappa shape index (κ2) is 6.35. The van der Waals surface area contributed by atoms with Crippen LogP contribution in [0.2, 0.25) is 0 Å². The summed E-state index contributed by atoms with van der Waals surface area (Å²) >= 11 is 3.63. The van der Waals surface area contributed by atoms with Crippen molar-refractivity contribution in [1.82, 2.24) is 5.32 Å². The molecule has 0 fully saturated rings. The second-order valence-electron chi connectivity index (χ2n) is 4.87. The van der Waals surface area contributed by atoms with E-state index in [0.29, 0.717) is 0 Å². The molecule has 3 aromatic rings. The van der Waals surface area contributed by atoms with E-state index in [4.69, 9.17) is 0 Å². The number of nitrogens with one attached hydrogen (secondary N) is 1. The molecule has 1 nitrogen and oxygen atoms in total. The second-order valence-corrected chi connectivity index (χ2v) is 6.82. The Morgan fingerprint density at radius 3 is 2.75 bits per heavy atom. The van der Waals surface area contributed by atoms with Gasteiger partial charge in [-0.1, -0.05) is 35.9 Å². The van der Waals surface area contributed by atoms with Gasteiger partial charge in [-0.2, -0.15) is 0 Å². The van der Waals surface area contributed by atoms with E-state index >= 15 is 0 Å². The third-order valence-electron chi connectivity index (χ3n) is 3.17. The fourth-order valence-electron chi connectivity index (χ4n) is 2.20. The van der Waals surface area contributed by atoms with Gasteiger partial charge in [-0.05, 0) is 35.4 Å². The Morgan fingerprint density at radius 1 is 1.00 bits per heavy atom. The zero-order valence-electron chi connectivity index (χ0n) is 11.4. The van der Waals surface area contributed by atoms with Crippen molar-refractivity contribution in [2.75, 3.05) is 0 Å². The van der Waals surface area contributed by atoms with Crippen LogP contribution in [0, 0.1) is 6.92 Å². The van der Waals surface area contributed by atoms with Crippen molar-refractivity contribution >= 4 is 22.7 Å². The van der Waals surface area contributed by atoms with Gasteiger partial charge in [-0.15, -0.1) is 22.7 Å². The highest BCUT2D eigenvalue weighted by atomic mass is 32.1. The lowest BCUT2D eigenvalue weighted by atomic mass is 10.1. The monoisotopic (exact) mass is 299 g/mol. The molecule has 0 spiro atoms. The molecule has 2 heterocycles. The molecule has 102 valence electrons. The van der Waals surface area contributed by atoms with Crippen LogP contribution in [0.3, 0.4) is 0 Å². The van der Waals surface area contributed by atoms with E-state index in [1.807, 2.05) is 11.3 Å². The first-order chi connectivity index (χ1) is 9.81. The van der Waals surface area contributed by atoms with E-state index in [1.165, 1.54) is 26.4 Å². The van der Waals surface area contributed by atoms with Gasteiger partial charge in [0.25, 0.3) is 0 Å². The third-order valence-corrected chi connectivity index (χ3v) is 5.03. The zero-order chi connectivity index (χ0) is 13.8. The summed E-state index contributed by atoms with van der Waals surface area (Å²) in [6, 6.07) is 15.2. The highest BCUT2D eigenvalue weighted by Crippen LogP contribution is 2.29. The Morgan fingerprint density at radius 2 is 1.95 bits per heavy atom. The Bertz CT molecular complexity index is 668. The summed E-state index contributed by atoms with van der Waals surface area (Å²) in [5.74, 6) is 0. The van der Waals surface area contributed by atoms with Crippen molar-refractivity contribution in [3.8, 4) is 10.4 Å². The molecule has 0 aliphatic heterocycles. The maximum Gasteiger partial charge on any atom is 0.0351 e. The molecule has 2 aromatic heterocycles.